The molecule has 0 aromatic heterocycles. The van der Waals surface area contributed by atoms with Gasteiger partial charge in [0.25, 0.3) is 0 Å². The van der Waals surface area contributed by atoms with Crippen molar-refractivity contribution in [3.05, 3.63) is 0 Å². The maximum Gasteiger partial charge on any atom is 0.226 e. The summed E-state index contributed by atoms with van der Waals surface area (Å²) in [6.45, 7) is 8.16. The number of hydrogen-bond acceptors (Lipinski definition) is 2. The Morgan fingerprint density at radius 3 is 2.12 bits per heavy atom. The summed E-state index contributed by atoms with van der Waals surface area (Å²) < 4.78 is 5.36. The van der Waals surface area contributed by atoms with Gasteiger partial charge in [0.05, 0.1) is 13.2 Å². The molecule has 3 nitrogen and oxygen atoms in total. The normalized spacial score (nSPS) is 43.9. The van der Waals surface area contributed by atoms with Crippen LogP contribution in [-0.4, -0.2) is 37.1 Å². The minimum atomic E-state index is 0.317. The van der Waals surface area contributed by atoms with Crippen LogP contribution in [0.4, 0.5) is 0 Å². The molecule has 0 radical (unpaired) electrons. The third-order valence-electron chi connectivity index (χ3n) is 5.17. The number of amides is 1. The molecular formula is C14H23NO2. The molecule has 0 spiro atoms. The minimum absolute atomic E-state index is 0.317. The van der Waals surface area contributed by atoms with Crippen LogP contribution in [0.3, 0.4) is 0 Å². The molecule has 1 aliphatic carbocycles. The highest BCUT2D eigenvalue weighted by Gasteiger charge is 2.59. The van der Waals surface area contributed by atoms with Gasteiger partial charge in [-0.3, -0.25) is 4.79 Å². The molecule has 0 bridgehead atoms. The lowest BCUT2D eigenvalue weighted by Gasteiger charge is -2.17. The van der Waals surface area contributed by atoms with Gasteiger partial charge in [0.1, 0.15) is 0 Å². The van der Waals surface area contributed by atoms with Crippen LogP contribution in [0, 0.1) is 29.6 Å². The second-order valence-corrected chi connectivity index (χ2v) is 5.97. The molecule has 3 heteroatoms. The van der Waals surface area contributed by atoms with Crippen molar-refractivity contribution < 1.29 is 9.53 Å². The van der Waals surface area contributed by atoms with Crippen molar-refractivity contribution in [2.24, 2.45) is 29.6 Å². The van der Waals surface area contributed by atoms with E-state index in [4.69, 9.17) is 4.74 Å². The molecule has 2 saturated heterocycles. The van der Waals surface area contributed by atoms with Gasteiger partial charge in [-0.15, -0.1) is 0 Å². The number of likely N-dealkylation sites (tertiary alicyclic amines) is 1. The van der Waals surface area contributed by atoms with Crippen molar-refractivity contribution in [3.8, 4) is 0 Å². The van der Waals surface area contributed by atoms with Crippen LogP contribution in [0.5, 0.6) is 0 Å². The zero-order chi connectivity index (χ0) is 12.0. The van der Waals surface area contributed by atoms with E-state index < -0.39 is 0 Å². The molecule has 2 aliphatic heterocycles. The lowest BCUT2D eigenvalue weighted by atomic mass is 9.92. The van der Waals surface area contributed by atoms with Crippen LogP contribution in [0.15, 0.2) is 0 Å². The van der Waals surface area contributed by atoms with Crippen molar-refractivity contribution in [1.82, 2.24) is 4.90 Å². The number of rotatable bonds is 3. The predicted molar refractivity (Wildman–Crippen MR) is 65.4 cm³/mol. The Morgan fingerprint density at radius 2 is 1.65 bits per heavy atom. The fraction of sp³-hybridized carbons (Fsp3) is 0.929. The van der Waals surface area contributed by atoms with Crippen molar-refractivity contribution >= 4 is 5.91 Å². The third kappa shape index (κ3) is 1.79. The Labute approximate surface area is 104 Å². The van der Waals surface area contributed by atoms with E-state index in [1.807, 2.05) is 0 Å². The summed E-state index contributed by atoms with van der Waals surface area (Å²) in [5.74, 6) is 3.33. The number of carbonyl (C=O) groups excluding carboxylic acids is 1. The molecule has 3 fully saturated rings. The Kier molecular flexibility index (Phi) is 2.89. The first-order chi connectivity index (χ1) is 8.26. The van der Waals surface area contributed by atoms with Gasteiger partial charge in [0, 0.05) is 19.0 Å². The number of hydrogen-bond donors (Lipinski definition) is 0. The van der Waals surface area contributed by atoms with Gasteiger partial charge in [0.2, 0.25) is 5.91 Å². The van der Waals surface area contributed by atoms with Crippen LogP contribution in [0.2, 0.25) is 0 Å². The maximum atomic E-state index is 12.4. The molecule has 4 unspecified atom stereocenters. The largest absolute Gasteiger partial charge is 0.381 e. The first kappa shape index (κ1) is 11.5. The smallest absolute Gasteiger partial charge is 0.226 e. The Bertz CT molecular complexity index is 295. The van der Waals surface area contributed by atoms with E-state index in [2.05, 4.69) is 18.7 Å². The van der Waals surface area contributed by atoms with Crippen molar-refractivity contribution in [3.63, 3.8) is 0 Å². The molecule has 17 heavy (non-hydrogen) atoms. The van der Waals surface area contributed by atoms with Gasteiger partial charge in [-0.2, -0.15) is 0 Å². The Hall–Kier alpha value is -0.570. The fourth-order valence-electron chi connectivity index (χ4n) is 3.86. The third-order valence-corrected chi connectivity index (χ3v) is 5.17. The number of fused-ring (bicyclic) bond motifs is 1. The molecule has 0 N–H and O–H groups in total. The molecule has 0 aromatic rings. The predicted octanol–water partition coefficient (Wildman–Crippen LogP) is 1.77. The summed E-state index contributed by atoms with van der Waals surface area (Å²) >= 11 is 0. The van der Waals surface area contributed by atoms with Crippen LogP contribution in [0.1, 0.15) is 26.7 Å². The van der Waals surface area contributed by atoms with Gasteiger partial charge >= 0.3 is 0 Å². The molecule has 96 valence electrons. The molecule has 1 saturated carbocycles. The first-order valence-electron chi connectivity index (χ1n) is 7.12. The van der Waals surface area contributed by atoms with Gasteiger partial charge in [-0.25, -0.2) is 0 Å². The van der Waals surface area contributed by atoms with Gasteiger partial charge in [-0.05, 0) is 23.7 Å². The molecule has 0 aromatic carbocycles. The van der Waals surface area contributed by atoms with E-state index in [1.54, 1.807) is 0 Å². The summed E-state index contributed by atoms with van der Waals surface area (Å²) in [7, 11) is 0. The Morgan fingerprint density at radius 1 is 1.12 bits per heavy atom. The standard InChI is InChI=1S/C14H23NO2/c1-3-9-5-15(6-10(9)4-2)14(16)13-11-7-17-8-12(11)13/h9-13H,3-8H2,1-2H3. The van der Waals surface area contributed by atoms with E-state index in [9.17, 15) is 4.79 Å². The summed E-state index contributed by atoms with van der Waals surface area (Å²) in [6.07, 6.45) is 2.42. The SMILES string of the molecule is CCC1CN(C(=O)C2C3COCC32)CC1CC. The van der Waals surface area contributed by atoms with E-state index in [0.717, 1.165) is 38.1 Å². The van der Waals surface area contributed by atoms with Crippen molar-refractivity contribution in [1.29, 1.82) is 0 Å². The lowest BCUT2D eigenvalue weighted by Crippen LogP contribution is -2.32. The average molecular weight is 237 g/mol. The van der Waals surface area contributed by atoms with E-state index in [0.29, 0.717) is 23.7 Å². The first-order valence-corrected chi connectivity index (χ1v) is 7.12. The minimum Gasteiger partial charge on any atom is -0.381 e. The highest BCUT2D eigenvalue weighted by atomic mass is 16.5. The van der Waals surface area contributed by atoms with E-state index in [-0.39, 0.29) is 0 Å². The quantitative estimate of drug-likeness (QED) is 0.748. The second kappa shape index (κ2) is 4.27. The van der Waals surface area contributed by atoms with Crippen LogP contribution in [-0.2, 0) is 9.53 Å². The fourth-order valence-corrected chi connectivity index (χ4v) is 3.86. The van der Waals surface area contributed by atoms with Crippen LogP contribution < -0.4 is 0 Å². The molecule has 3 rings (SSSR count). The van der Waals surface area contributed by atoms with Crippen LogP contribution >= 0.6 is 0 Å². The highest BCUT2D eigenvalue weighted by Crippen LogP contribution is 2.52. The summed E-state index contributed by atoms with van der Waals surface area (Å²) in [4.78, 5) is 14.6. The number of carbonyl (C=O) groups is 1. The van der Waals surface area contributed by atoms with Gasteiger partial charge in [-0.1, -0.05) is 26.7 Å². The van der Waals surface area contributed by atoms with E-state index >= 15 is 0 Å². The zero-order valence-electron chi connectivity index (χ0n) is 10.9. The maximum absolute atomic E-state index is 12.4. The molecule has 2 heterocycles. The summed E-state index contributed by atoms with van der Waals surface area (Å²) in [5, 5.41) is 0. The average Bonchev–Trinajstić information content (AvgIpc) is 2.74. The molecule has 3 aliphatic rings. The monoisotopic (exact) mass is 237 g/mol. The lowest BCUT2D eigenvalue weighted by molar-refractivity contribution is -0.133. The second-order valence-electron chi connectivity index (χ2n) is 5.97. The molecule has 1 amide bonds. The molecular weight excluding hydrogens is 214 g/mol. The van der Waals surface area contributed by atoms with Crippen molar-refractivity contribution in [2.45, 2.75) is 26.7 Å². The van der Waals surface area contributed by atoms with E-state index in [1.165, 1.54) is 12.8 Å². The highest BCUT2D eigenvalue weighted by molar-refractivity contribution is 5.83. The Balaban J connectivity index is 1.60. The van der Waals surface area contributed by atoms with Gasteiger partial charge < -0.3 is 9.64 Å². The van der Waals surface area contributed by atoms with Crippen LogP contribution in [0.25, 0.3) is 0 Å². The number of ether oxygens (including phenoxy) is 1. The zero-order valence-corrected chi connectivity index (χ0v) is 10.9. The number of nitrogens with zero attached hydrogens (tertiary/aromatic N) is 1. The summed E-state index contributed by atoms with van der Waals surface area (Å²) in [6, 6.07) is 0. The van der Waals surface area contributed by atoms with Gasteiger partial charge in [0.15, 0.2) is 0 Å². The van der Waals surface area contributed by atoms with Crippen molar-refractivity contribution in [2.75, 3.05) is 26.3 Å². The summed E-state index contributed by atoms with van der Waals surface area (Å²) in [5.41, 5.74) is 0. The topological polar surface area (TPSA) is 29.5 Å². The molecule has 4 atom stereocenters.